The van der Waals surface area contributed by atoms with E-state index in [1.54, 1.807) is 31.2 Å². The minimum atomic E-state index is -0.452. The molecule has 0 saturated heterocycles. The Labute approximate surface area is 169 Å². The number of nitrogens with one attached hydrogen (secondary N) is 1. The third-order valence-corrected chi connectivity index (χ3v) is 5.10. The number of benzene rings is 1. The molecule has 0 aliphatic rings. The van der Waals surface area contributed by atoms with Gasteiger partial charge in [-0.2, -0.15) is 0 Å². The van der Waals surface area contributed by atoms with Crippen molar-refractivity contribution in [2.24, 2.45) is 0 Å². The van der Waals surface area contributed by atoms with E-state index >= 15 is 0 Å². The minimum absolute atomic E-state index is 0.260. The fourth-order valence-electron chi connectivity index (χ4n) is 2.43. The van der Waals surface area contributed by atoms with Crippen LogP contribution in [-0.4, -0.2) is 41.3 Å². The van der Waals surface area contributed by atoms with Crippen LogP contribution in [0.15, 0.2) is 30.5 Å². The number of hydrogen-bond acceptors (Lipinski definition) is 8. The van der Waals surface area contributed by atoms with Crippen molar-refractivity contribution in [3.63, 3.8) is 0 Å². The van der Waals surface area contributed by atoms with Gasteiger partial charge < -0.3 is 9.47 Å². The number of methoxy groups -OCH3 is 2. The van der Waals surface area contributed by atoms with Crippen LogP contribution >= 0.6 is 22.9 Å². The van der Waals surface area contributed by atoms with Crippen LogP contribution < -0.4 is 10.1 Å². The Hall–Kier alpha value is -3.04. The van der Waals surface area contributed by atoms with Crippen molar-refractivity contribution in [2.45, 2.75) is 6.92 Å². The highest BCUT2D eigenvalue weighted by molar-refractivity contribution is 7.17. The highest BCUT2D eigenvalue weighted by Crippen LogP contribution is 2.34. The lowest BCUT2D eigenvalue weighted by Gasteiger charge is -2.13. The molecule has 3 rings (SSSR count). The Balaban J connectivity index is 1.99. The van der Waals surface area contributed by atoms with Crippen molar-refractivity contribution in [3.05, 3.63) is 52.3 Å². The molecule has 0 fully saturated rings. The number of pyridine rings is 1. The van der Waals surface area contributed by atoms with Gasteiger partial charge in [0.15, 0.2) is 0 Å². The molecule has 2 heterocycles. The number of esters is 1. The van der Waals surface area contributed by atoms with Crippen LogP contribution in [-0.2, 0) is 4.74 Å². The number of anilines is 1. The molecule has 3 aromatic rings. The van der Waals surface area contributed by atoms with Gasteiger partial charge in [0.05, 0.1) is 36.1 Å². The lowest BCUT2D eigenvalue weighted by atomic mass is 9.99. The molecule has 0 aliphatic carbocycles. The topological polar surface area (TPSA) is 103 Å². The number of hydrogen-bond donors (Lipinski definition) is 1. The highest BCUT2D eigenvalue weighted by Gasteiger charge is 2.20. The average molecular weight is 419 g/mol. The Morgan fingerprint density at radius 2 is 1.86 bits per heavy atom. The number of ether oxygens (including phenoxy) is 2. The van der Waals surface area contributed by atoms with E-state index in [2.05, 4.69) is 20.5 Å². The second-order valence-corrected chi connectivity index (χ2v) is 6.86. The molecule has 8 nitrogen and oxygen atoms in total. The van der Waals surface area contributed by atoms with E-state index in [-0.39, 0.29) is 10.7 Å². The number of aromatic nitrogens is 3. The van der Waals surface area contributed by atoms with Crippen molar-refractivity contribution < 1.29 is 19.1 Å². The molecular formula is C18H15ClN4O4S. The van der Waals surface area contributed by atoms with Gasteiger partial charge in [0.2, 0.25) is 5.13 Å². The van der Waals surface area contributed by atoms with Gasteiger partial charge in [-0.15, -0.1) is 5.10 Å². The number of carbonyl (C=O) groups excluding carboxylic acids is 2. The summed E-state index contributed by atoms with van der Waals surface area (Å²) >= 11 is 7.55. The van der Waals surface area contributed by atoms with Crippen LogP contribution in [0, 0.1) is 6.92 Å². The zero-order chi connectivity index (χ0) is 20.3. The van der Waals surface area contributed by atoms with Crippen molar-refractivity contribution in [1.29, 1.82) is 0 Å². The highest BCUT2D eigenvalue weighted by atomic mass is 35.5. The molecule has 0 unspecified atom stereocenters. The molecule has 0 saturated carbocycles. The van der Waals surface area contributed by atoms with Crippen molar-refractivity contribution in [2.75, 3.05) is 19.5 Å². The monoisotopic (exact) mass is 418 g/mol. The standard InChI is InChI=1S/C18H15ClN4O4S/c1-9-14(19)13(10-4-6-11(7-5-10)16(25)26-2)12(8-20-9)15(24)21-17-22-23-18(27-3)28-17/h4-8H,1-3H3,(H,21,22,24). The Bertz CT molecular complexity index is 1040. The molecular weight excluding hydrogens is 404 g/mol. The fraction of sp³-hybridized carbons (Fsp3) is 0.167. The second kappa shape index (κ2) is 8.32. The average Bonchev–Trinajstić information content (AvgIpc) is 3.17. The SMILES string of the molecule is COC(=O)c1ccc(-c2c(C(=O)Nc3nnc(OC)s3)cnc(C)c2Cl)cc1. The number of halogens is 1. The molecule has 28 heavy (non-hydrogen) atoms. The molecule has 0 radical (unpaired) electrons. The Morgan fingerprint density at radius 1 is 1.14 bits per heavy atom. The maximum Gasteiger partial charge on any atom is 0.337 e. The van der Waals surface area contributed by atoms with E-state index in [0.29, 0.717) is 32.6 Å². The summed E-state index contributed by atoms with van der Waals surface area (Å²) in [6.07, 6.45) is 1.44. The number of carbonyl (C=O) groups is 2. The first kappa shape index (κ1) is 19.7. The summed E-state index contributed by atoms with van der Waals surface area (Å²) in [4.78, 5) is 28.6. The van der Waals surface area contributed by atoms with E-state index in [1.165, 1.54) is 20.4 Å². The number of amides is 1. The maximum atomic E-state index is 12.8. The molecule has 10 heteroatoms. The first-order valence-corrected chi connectivity index (χ1v) is 9.16. The van der Waals surface area contributed by atoms with E-state index in [1.807, 2.05) is 0 Å². The van der Waals surface area contributed by atoms with E-state index < -0.39 is 11.9 Å². The predicted octanol–water partition coefficient (Wildman–Crippen LogP) is 3.61. The lowest BCUT2D eigenvalue weighted by molar-refractivity contribution is 0.0600. The molecule has 1 N–H and O–H groups in total. The molecule has 0 atom stereocenters. The van der Waals surface area contributed by atoms with Gasteiger partial charge in [-0.3, -0.25) is 15.1 Å². The molecule has 2 aromatic heterocycles. The van der Waals surface area contributed by atoms with Crippen LogP contribution in [0.3, 0.4) is 0 Å². The zero-order valence-electron chi connectivity index (χ0n) is 15.1. The normalized spacial score (nSPS) is 10.4. The van der Waals surface area contributed by atoms with Gasteiger partial charge in [-0.1, -0.05) is 28.8 Å². The third-order valence-electron chi connectivity index (χ3n) is 3.83. The van der Waals surface area contributed by atoms with Crippen molar-refractivity contribution in [1.82, 2.24) is 15.2 Å². The van der Waals surface area contributed by atoms with E-state index in [4.69, 9.17) is 21.1 Å². The maximum absolute atomic E-state index is 12.8. The molecule has 144 valence electrons. The minimum Gasteiger partial charge on any atom is -0.472 e. The Kier molecular flexibility index (Phi) is 5.86. The molecule has 1 aromatic carbocycles. The third kappa shape index (κ3) is 3.95. The Morgan fingerprint density at radius 3 is 2.46 bits per heavy atom. The summed E-state index contributed by atoms with van der Waals surface area (Å²) in [6, 6.07) is 6.59. The van der Waals surface area contributed by atoms with Gasteiger partial charge in [0.1, 0.15) is 0 Å². The lowest BCUT2D eigenvalue weighted by Crippen LogP contribution is -2.14. The quantitative estimate of drug-likeness (QED) is 0.631. The first-order chi connectivity index (χ1) is 13.4. The van der Waals surface area contributed by atoms with Gasteiger partial charge >= 0.3 is 5.97 Å². The summed E-state index contributed by atoms with van der Waals surface area (Å²) in [5.41, 5.74) is 2.38. The molecule has 0 aliphatic heterocycles. The van der Waals surface area contributed by atoms with Crippen LogP contribution in [0.4, 0.5) is 5.13 Å². The summed E-state index contributed by atoms with van der Waals surface area (Å²) in [6.45, 7) is 1.74. The predicted molar refractivity (Wildman–Crippen MR) is 105 cm³/mol. The van der Waals surface area contributed by atoms with Crippen molar-refractivity contribution in [3.8, 4) is 16.3 Å². The van der Waals surface area contributed by atoms with E-state index in [9.17, 15) is 9.59 Å². The number of nitrogens with zero attached hydrogens (tertiary/aromatic N) is 3. The number of aryl methyl sites for hydroxylation is 1. The molecule has 1 amide bonds. The van der Waals surface area contributed by atoms with Gasteiger partial charge in [0.25, 0.3) is 11.1 Å². The van der Waals surface area contributed by atoms with Gasteiger partial charge in [-0.05, 0) is 36.0 Å². The van der Waals surface area contributed by atoms with Gasteiger partial charge in [0, 0.05) is 11.8 Å². The van der Waals surface area contributed by atoms with Crippen molar-refractivity contribution >= 4 is 39.9 Å². The van der Waals surface area contributed by atoms with Crippen LogP contribution in [0.1, 0.15) is 26.4 Å². The smallest absolute Gasteiger partial charge is 0.337 e. The van der Waals surface area contributed by atoms with E-state index in [0.717, 1.165) is 11.3 Å². The number of rotatable bonds is 5. The van der Waals surface area contributed by atoms with Gasteiger partial charge in [-0.25, -0.2) is 4.79 Å². The summed E-state index contributed by atoms with van der Waals surface area (Å²) in [5, 5.41) is 11.2. The molecule has 0 spiro atoms. The second-order valence-electron chi connectivity index (χ2n) is 5.55. The summed E-state index contributed by atoms with van der Waals surface area (Å²) in [7, 11) is 2.77. The van der Waals surface area contributed by atoms with Crippen LogP contribution in [0.5, 0.6) is 5.19 Å². The zero-order valence-corrected chi connectivity index (χ0v) is 16.7. The van der Waals surface area contributed by atoms with Crippen LogP contribution in [0.2, 0.25) is 5.02 Å². The largest absolute Gasteiger partial charge is 0.472 e. The molecule has 0 bridgehead atoms. The summed E-state index contributed by atoms with van der Waals surface area (Å²) < 4.78 is 9.68. The van der Waals surface area contributed by atoms with Crippen LogP contribution in [0.25, 0.3) is 11.1 Å². The fourth-order valence-corrected chi connectivity index (χ4v) is 3.25. The summed E-state index contributed by atoms with van der Waals surface area (Å²) in [5.74, 6) is -0.896. The first-order valence-electron chi connectivity index (χ1n) is 7.97.